The van der Waals surface area contributed by atoms with Crippen LogP contribution in [0.4, 0.5) is 16.4 Å². The zero-order valence-corrected chi connectivity index (χ0v) is 24.2. The first-order valence-electron chi connectivity index (χ1n) is 14.1. The van der Waals surface area contributed by atoms with Crippen LogP contribution in [0.25, 0.3) is 21.6 Å². The zero-order chi connectivity index (χ0) is 27.7. The number of fused-ring (bicyclic) bond motifs is 2. The molecule has 0 aliphatic carbocycles. The minimum absolute atomic E-state index is 0.0181. The van der Waals surface area contributed by atoms with Gasteiger partial charge in [-0.3, -0.25) is 4.90 Å². The molecule has 2 aliphatic rings. The van der Waals surface area contributed by atoms with Gasteiger partial charge in [0.25, 0.3) is 0 Å². The average molecular weight is 560 g/mol. The molecular weight excluding hydrogens is 522 g/mol. The predicted octanol–water partition coefficient (Wildman–Crippen LogP) is 5.77. The van der Waals surface area contributed by atoms with Crippen LogP contribution in [0, 0.1) is 0 Å². The number of amides is 2. The second-order valence-corrected chi connectivity index (χ2v) is 12.7. The summed E-state index contributed by atoms with van der Waals surface area (Å²) in [6.07, 6.45) is 5.33. The third-order valence-electron chi connectivity index (χ3n) is 7.27. The highest BCUT2D eigenvalue weighted by atomic mass is 32.1. The lowest BCUT2D eigenvalue weighted by Crippen LogP contribution is -2.49. The maximum absolute atomic E-state index is 12.8. The first kappa shape index (κ1) is 26.6. The van der Waals surface area contributed by atoms with Crippen LogP contribution in [0.2, 0.25) is 0 Å². The van der Waals surface area contributed by atoms with Gasteiger partial charge < -0.3 is 25.3 Å². The number of carbonyl (C=O) groups excluding carboxylic acids is 1. The Bertz CT molecular complexity index is 1480. The quantitative estimate of drug-likeness (QED) is 0.266. The average Bonchev–Trinajstić information content (AvgIpc) is 3.68. The number of nitrogens with zero attached hydrogens (tertiary/aromatic N) is 4. The second kappa shape index (κ2) is 11.1. The molecule has 10 heteroatoms. The molecule has 3 N–H and O–H groups in total. The van der Waals surface area contributed by atoms with Crippen LogP contribution < -0.4 is 15.4 Å². The summed E-state index contributed by atoms with van der Waals surface area (Å²) in [7, 11) is 0. The van der Waals surface area contributed by atoms with Crippen molar-refractivity contribution in [2.45, 2.75) is 52.1 Å². The Hall–Kier alpha value is -3.63. The smallest absolute Gasteiger partial charge is 0.318 e. The summed E-state index contributed by atoms with van der Waals surface area (Å²) < 4.78 is 5.95. The van der Waals surface area contributed by atoms with Gasteiger partial charge in [0.15, 0.2) is 0 Å². The van der Waals surface area contributed by atoms with Gasteiger partial charge in [0.1, 0.15) is 18.0 Å². The van der Waals surface area contributed by atoms with Crippen molar-refractivity contribution in [1.82, 2.24) is 30.1 Å². The Kier molecular flexibility index (Phi) is 7.37. The molecule has 0 spiro atoms. The fraction of sp³-hybridized carbons (Fsp3) is 0.433. The Balaban J connectivity index is 1.16. The molecule has 0 atom stereocenters. The van der Waals surface area contributed by atoms with Crippen molar-refractivity contribution < 1.29 is 9.53 Å². The van der Waals surface area contributed by atoms with E-state index in [4.69, 9.17) is 14.7 Å². The molecule has 9 nitrogen and oxygen atoms in total. The molecule has 2 aliphatic heterocycles. The van der Waals surface area contributed by atoms with Gasteiger partial charge in [-0.25, -0.2) is 9.78 Å². The molecule has 5 heterocycles. The van der Waals surface area contributed by atoms with Gasteiger partial charge >= 0.3 is 6.03 Å². The van der Waals surface area contributed by atoms with E-state index in [9.17, 15) is 4.79 Å². The largest absolute Gasteiger partial charge is 0.492 e. The number of hydrogen-bond acceptors (Lipinski definition) is 7. The van der Waals surface area contributed by atoms with Crippen molar-refractivity contribution in [3.8, 4) is 16.3 Å². The monoisotopic (exact) mass is 559 g/mol. The van der Waals surface area contributed by atoms with Crippen molar-refractivity contribution in [3.63, 3.8) is 0 Å². The Morgan fingerprint density at radius 2 is 1.90 bits per heavy atom. The van der Waals surface area contributed by atoms with Crippen molar-refractivity contribution >= 4 is 40.0 Å². The van der Waals surface area contributed by atoms with Crippen molar-refractivity contribution in [1.29, 1.82) is 0 Å². The van der Waals surface area contributed by atoms with E-state index >= 15 is 0 Å². The number of urea groups is 1. The molecule has 3 aromatic heterocycles. The molecular formula is C30H37N7O2S. The van der Waals surface area contributed by atoms with Gasteiger partial charge in [0.05, 0.1) is 10.6 Å². The lowest BCUT2D eigenvalue weighted by atomic mass is 10.1. The van der Waals surface area contributed by atoms with Crippen LogP contribution in [0.3, 0.4) is 0 Å². The van der Waals surface area contributed by atoms with Crippen LogP contribution in [0.15, 0.2) is 42.6 Å². The number of benzene rings is 1. The molecule has 1 aromatic carbocycles. The molecule has 2 amide bonds. The molecule has 0 radical (unpaired) electrons. The standard InChI is InChI=1S/C30H37N7O2S/c1-30(2,3)35-29(38)37-15-11-24-20(19-37)18-25(40-24)26-23-10-12-31-27(23)34-28(33-26)32-21-6-8-22(9-7-21)39-17-16-36-13-4-5-14-36/h6-10,12,18H,4-5,11,13-17,19H2,1-3H3,(H,35,38)(H2,31,32,33,34). The molecule has 1 saturated heterocycles. The number of hydrogen-bond donors (Lipinski definition) is 3. The van der Waals surface area contributed by atoms with Crippen molar-refractivity contribution in [3.05, 3.63) is 53.0 Å². The second-order valence-electron chi connectivity index (χ2n) is 11.6. The predicted molar refractivity (Wildman–Crippen MR) is 160 cm³/mol. The molecule has 6 rings (SSSR count). The van der Waals surface area contributed by atoms with Crippen LogP contribution >= 0.6 is 11.3 Å². The van der Waals surface area contributed by atoms with Gasteiger partial charge in [-0.15, -0.1) is 11.3 Å². The minimum Gasteiger partial charge on any atom is -0.492 e. The topological polar surface area (TPSA) is 98.4 Å². The Morgan fingerprint density at radius 1 is 1.10 bits per heavy atom. The molecule has 0 saturated carbocycles. The number of ether oxygens (including phenoxy) is 1. The summed E-state index contributed by atoms with van der Waals surface area (Å²) in [5.41, 5.74) is 3.50. The van der Waals surface area contributed by atoms with E-state index in [0.29, 0.717) is 25.6 Å². The maximum atomic E-state index is 12.8. The molecule has 210 valence electrons. The SMILES string of the molecule is CC(C)(C)NC(=O)N1CCc2sc(-c3nc(Nc4ccc(OCCN5CCCC5)cc4)nc4[nH]ccc34)cc2C1. The summed E-state index contributed by atoms with van der Waals surface area (Å²) >= 11 is 1.76. The van der Waals surface area contributed by atoms with E-state index in [1.54, 1.807) is 11.3 Å². The number of anilines is 2. The number of carbonyl (C=O) groups is 1. The first-order chi connectivity index (χ1) is 19.3. The fourth-order valence-electron chi connectivity index (χ4n) is 5.27. The number of H-pyrrole nitrogens is 1. The maximum Gasteiger partial charge on any atom is 0.318 e. The highest BCUT2D eigenvalue weighted by Crippen LogP contribution is 2.37. The van der Waals surface area contributed by atoms with Crippen LogP contribution in [0.5, 0.6) is 5.75 Å². The lowest BCUT2D eigenvalue weighted by molar-refractivity contribution is 0.183. The molecule has 40 heavy (non-hydrogen) atoms. The minimum atomic E-state index is -0.262. The van der Waals surface area contributed by atoms with Gasteiger partial charge in [-0.05, 0) is 95.1 Å². The first-order valence-corrected chi connectivity index (χ1v) is 14.9. The van der Waals surface area contributed by atoms with E-state index in [0.717, 1.165) is 46.0 Å². The molecule has 1 fully saturated rings. The van der Waals surface area contributed by atoms with Crippen molar-refractivity contribution in [2.24, 2.45) is 0 Å². The van der Waals surface area contributed by atoms with Gasteiger partial charge in [-0.2, -0.15) is 4.98 Å². The van der Waals surface area contributed by atoms with E-state index in [-0.39, 0.29) is 11.6 Å². The summed E-state index contributed by atoms with van der Waals surface area (Å²) in [4.78, 5) is 32.4. The Morgan fingerprint density at radius 3 is 2.67 bits per heavy atom. The summed E-state index contributed by atoms with van der Waals surface area (Å²) in [5.74, 6) is 1.39. The Labute approximate surface area is 239 Å². The lowest BCUT2D eigenvalue weighted by Gasteiger charge is -2.31. The molecule has 4 aromatic rings. The molecule has 0 bridgehead atoms. The number of rotatable bonds is 7. The van der Waals surface area contributed by atoms with Gasteiger partial charge in [0.2, 0.25) is 5.95 Å². The third-order valence-corrected chi connectivity index (χ3v) is 8.51. The fourth-order valence-corrected chi connectivity index (χ4v) is 6.44. The summed E-state index contributed by atoms with van der Waals surface area (Å²) in [5, 5.41) is 7.43. The van der Waals surface area contributed by atoms with Gasteiger partial charge in [-0.1, -0.05) is 0 Å². The van der Waals surface area contributed by atoms with E-state index in [1.807, 2.05) is 62.2 Å². The number of nitrogens with one attached hydrogen (secondary N) is 3. The summed E-state index contributed by atoms with van der Waals surface area (Å²) in [6.45, 7) is 11.4. The zero-order valence-electron chi connectivity index (χ0n) is 23.4. The normalized spacial score (nSPS) is 15.8. The number of aromatic nitrogens is 3. The highest BCUT2D eigenvalue weighted by molar-refractivity contribution is 7.15. The van der Waals surface area contributed by atoms with Crippen LogP contribution in [0.1, 0.15) is 44.1 Å². The van der Waals surface area contributed by atoms with Gasteiger partial charge in [0, 0.05) is 47.3 Å². The molecule has 0 unspecified atom stereocenters. The number of thiophene rings is 1. The van der Waals surface area contributed by atoms with E-state index < -0.39 is 0 Å². The van der Waals surface area contributed by atoms with E-state index in [2.05, 4.69) is 26.6 Å². The summed E-state index contributed by atoms with van der Waals surface area (Å²) in [6, 6.07) is 12.1. The van der Waals surface area contributed by atoms with Crippen LogP contribution in [-0.2, 0) is 13.0 Å². The third kappa shape index (κ3) is 6.08. The highest BCUT2D eigenvalue weighted by Gasteiger charge is 2.26. The van der Waals surface area contributed by atoms with E-state index in [1.165, 1.54) is 36.4 Å². The van der Waals surface area contributed by atoms with Crippen LogP contribution in [-0.4, -0.2) is 69.1 Å². The number of aromatic amines is 1. The van der Waals surface area contributed by atoms with Crippen molar-refractivity contribution in [2.75, 3.05) is 38.1 Å². The number of likely N-dealkylation sites (tertiary alicyclic amines) is 1.